The predicted molar refractivity (Wildman–Crippen MR) is 122 cm³/mol. The molecule has 178 valence electrons. The van der Waals surface area contributed by atoms with E-state index in [0.717, 1.165) is 31.2 Å². The van der Waals surface area contributed by atoms with Crippen LogP contribution < -0.4 is 14.2 Å². The van der Waals surface area contributed by atoms with Gasteiger partial charge in [-0.2, -0.15) is 4.31 Å². The van der Waals surface area contributed by atoms with E-state index in [0.29, 0.717) is 50.6 Å². The molecule has 0 amide bonds. The van der Waals surface area contributed by atoms with Crippen molar-refractivity contribution in [3.8, 4) is 11.5 Å². The summed E-state index contributed by atoms with van der Waals surface area (Å²) < 4.78 is 67.9. The Balaban J connectivity index is 1.42. The Kier molecular flexibility index (Phi) is 5.88. The number of rotatable bonds is 6. The standard InChI is InChI=1S/C23H28N2O6S2/c26-32(27,19-6-8-20(9-7-19)33(28,29)25-13-3-4-14-25)24-23(11-1-2-12-23)18-5-10-21-22(17-18)31-16-15-30-21/h5-10,17,24H,1-4,11-16H2. The molecule has 1 saturated heterocycles. The molecule has 5 rings (SSSR count). The second-order valence-electron chi connectivity index (χ2n) is 8.84. The Morgan fingerprint density at radius 1 is 0.758 bits per heavy atom. The van der Waals surface area contributed by atoms with E-state index in [-0.39, 0.29) is 9.79 Å². The average molecular weight is 493 g/mol. The van der Waals surface area contributed by atoms with Gasteiger partial charge in [0.1, 0.15) is 13.2 Å². The van der Waals surface area contributed by atoms with Crippen molar-refractivity contribution in [1.82, 2.24) is 9.03 Å². The van der Waals surface area contributed by atoms with E-state index in [9.17, 15) is 16.8 Å². The lowest BCUT2D eigenvalue weighted by Gasteiger charge is -2.32. The van der Waals surface area contributed by atoms with Crippen molar-refractivity contribution in [2.75, 3.05) is 26.3 Å². The van der Waals surface area contributed by atoms with Crippen molar-refractivity contribution in [3.63, 3.8) is 0 Å². The molecule has 33 heavy (non-hydrogen) atoms. The first-order valence-electron chi connectivity index (χ1n) is 11.3. The molecule has 0 bridgehead atoms. The van der Waals surface area contributed by atoms with Gasteiger partial charge >= 0.3 is 0 Å². The first-order valence-corrected chi connectivity index (χ1v) is 14.3. The summed E-state index contributed by atoms with van der Waals surface area (Å²) in [4.78, 5) is 0.164. The summed E-state index contributed by atoms with van der Waals surface area (Å²) >= 11 is 0. The van der Waals surface area contributed by atoms with Crippen LogP contribution in [0.4, 0.5) is 0 Å². The maximum absolute atomic E-state index is 13.3. The van der Waals surface area contributed by atoms with Crippen molar-refractivity contribution >= 4 is 20.0 Å². The first-order chi connectivity index (χ1) is 15.8. The molecule has 0 radical (unpaired) electrons. The highest BCUT2D eigenvalue weighted by molar-refractivity contribution is 7.89. The van der Waals surface area contributed by atoms with Crippen LogP contribution in [0.25, 0.3) is 0 Å². The number of benzene rings is 2. The SMILES string of the molecule is O=S(=O)(NC1(c2ccc3c(c2)OCCO3)CCCC1)c1ccc(S(=O)(=O)N2CCCC2)cc1. The molecule has 1 saturated carbocycles. The monoisotopic (exact) mass is 492 g/mol. The molecule has 0 atom stereocenters. The van der Waals surface area contributed by atoms with Crippen LogP contribution in [0, 0.1) is 0 Å². The summed E-state index contributed by atoms with van der Waals surface area (Å²) in [6.45, 7) is 1.96. The van der Waals surface area contributed by atoms with Gasteiger partial charge in [-0.3, -0.25) is 0 Å². The van der Waals surface area contributed by atoms with Crippen LogP contribution in [-0.2, 0) is 25.6 Å². The highest BCUT2D eigenvalue weighted by Gasteiger charge is 2.40. The van der Waals surface area contributed by atoms with Gasteiger partial charge in [0.25, 0.3) is 0 Å². The normalized spacial score (nSPS) is 20.7. The van der Waals surface area contributed by atoms with E-state index in [1.165, 1.54) is 28.6 Å². The molecular weight excluding hydrogens is 464 g/mol. The van der Waals surface area contributed by atoms with E-state index in [2.05, 4.69) is 4.72 Å². The zero-order valence-corrected chi connectivity index (χ0v) is 20.0. The van der Waals surface area contributed by atoms with Gasteiger partial charge in [-0.1, -0.05) is 18.9 Å². The summed E-state index contributed by atoms with van der Waals surface area (Å²) in [5.74, 6) is 1.29. The Morgan fingerprint density at radius 2 is 1.36 bits per heavy atom. The fraction of sp³-hybridized carbons (Fsp3) is 0.478. The Morgan fingerprint density at radius 3 is 2.03 bits per heavy atom. The molecule has 10 heteroatoms. The lowest BCUT2D eigenvalue weighted by molar-refractivity contribution is 0.171. The number of nitrogens with zero attached hydrogens (tertiary/aromatic N) is 1. The maximum Gasteiger partial charge on any atom is 0.243 e. The van der Waals surface area contributed by atoms with Crippen LogP contribution in [0.1, 0.15) is 44.1 Å². The summed E-state index contributed by atoms with van der Waals surface area (Å²) in [5.41, 5.74) is 0.107. The van der Waals surface area contributed by atoms with Gasteiger partial charge in [0.2, 0.25) is 20.0 Å². The van der Waals surface area contributed by atoms with Gasteiger partial charge in [0.05, 0.1) is 15.3 Å². The quantitative estimate of drug-likeness (QED) is 0.665. The van der Waals surface area contributed by atoms with E-state index >= 15 is 0 Å². The number of hydrogen-bond acceptors (Lipinski definition) is 6. The number of ether oxygens (including phenoxy) is 2. The third-order valence-electron chi connectivity index (χ3n) is 6.72. The predicted octanol–water partition coefficient (Wildman–Crippen LogP) is 2.99. The Bertz CT molecular complexity index is 1230. The van der Waals surface area contributed by atoms with Gasteiger partial charge in [0.15, 0.2) is 11.5 Å². The number of hydrogen-bond donors (Lipinski definition) is 1. The minimum absolute atomic E-state index is 0.0479. The second kappa shape index (κ2) is 8.57. The van der Waals surface area contributed by atoms with E-state index in [4.69, 9.17) is 9.47 Å². The Labute approximate surface area is 195 Å². The van der Waals surface area contributed by atoms with Crippen molar-refractivity contribution < 1.29 is 26.3 Å². The third kappa shape index (κ3) is 4.25. The van der Waals surface area contributed by atoms with Gasteiger partial charge in [-0.15, -0.1) is 0 Å². The number of nitrogens with one attached hydrogen (secondary N) is 1. The Hall–Kier alpha value is -2.14. The summed E-state index contributed by atoms with van der Waals surface area (Å²) in [6.07, 6.45) is 4.85. The smallest absolute Gasteiger partial charge is 0.243 e. The van der Waals surface area contributed by atoms with Crippen molar-refractivity contribution in [2.24, 2.45) is 0 Å². The van der Waals surface area contributed by atoms with E-state index < -0.39 is 25.6 Å². The van der Waals surface area contributed by atoms with E-state index in [1.54, 1.807) is 0 Å². The highest BCUT2D eigenvalue weighted by atomic mass is 32.2. The summed E-state index contributed by atoms with van der Waals surface area (Å²) in [7, 11) is -7.48. The largest absolute Gasteiger partial charge is 0.486 e. The van der Waals surface area contributed by atoms with Crippen LogP contribution in [-0.4, -0.2) is 47.4 Å². The van der Waals surface area contributed by atoms with Gasteiger partial charge < -0.3 is 9.47 Å². The van der Waals surface area contributed by atoms with Crippen molar-refractivity contribution in [1.29, 1.82) is 0 Å². The first kappa shape index (κ1) is 22.6. The topological polar surface area (TPSA) is 102 Å². The number of fused-ring (bicyclic) bond motifs is 1. The average Bonchev–Trinajstić information content (AvgIpc) is 3.52. The lowest BCUT2D eigenvalue weighted by atomic mass is 9.89. The molecule has 0 aromatic heterocycles. The number of sulfonamides is 2. The van der Waals surface area contributed by atoms with Gasteiger partial charge in [-0.25, -0.2) is 21.6 Å². The zero-order valence-electron chi connectivity index (χ0n) is 18.3. The van der Waals surface area contributed by atoms with Gasteiger partial charge in [0, 0.05) is 13.1 Å². The highest BCUT2D eigenvalue weighted by Crippen LogP contribution is 2.43. The van der Waals surface area contributed by atoms with Crippen LogP contribution >= 0.6 is 0 Å². The molecule has 1 N–H and O–H groups in total. The lowest BCUT2D eigenvalue weighted by Crippen LogP contribution is -2.43. The fourth-order valence-electron chi connectivity index (χ4n) is 4.95. The van der Waals surface area contributed by atoms with Crippen molar-refractivity contribution in [2.45, 2.75) is 53.9 Å². The molecule has 3 aliphatic rings. The molecule has 0 unspecified atom stereocenters. The molecule has 2 aromatic carbocycles. The molecular formula is C23H28N2O6S2. The van der Waals surface area contributed by atoms with Crippen LogP contribution in [0.15, 0.2) is 52.3 Å². The molecule has 2 aliphatic heterocycles. The zero-order chi connectivity index (χ0) is 23.1. The van der Waals surface area contributed by atoms with Crippen LogP contribution in [0.5, 0.6) is 11.5 Å². The molecule has 2 heterocycles. The molecule has 0 spiro atoms. The van der Waals surface area contributed by atoms with Crippen LogP contribution in [0.2, 0.25) is 0 Å². The summed E-state index contributed by atoms with van der Waals surface area (Å²) in [5, 5.41) is 0. The molecule has 8 nitrogen and oxygen atoms in total. The van der Waals surface area contributed by atoms with Gasteiger partial charge in [-0.05, 0) is 67.6 Å². The fourth-order valence-corrected chi connectivity index (χ4v) is 7.92. The maximum atomic E-state index is 13.3. The third-order valence-corrected chi connectivity index (χ3v) is 10.2. The summed E-state index contributed by atoms with van der Waals surface area (Å²) in [6, 6.07) is 11.1. The second-order valence-corrected chi connectivity index (χ2v) is 12.5. The molecule has 1 aliphatic carbocycles. The van der Waals surface area contributed by atoms with E-state index in [1.807, 2.05) is 18.2 Å². The molecule has 2 fully saturated rings. The minimum Gasteiger partial charge on any atom is -0.486 e. The van der Waals surface area contributed by atoms with Crippen molar-refractivity contribution in [3.05, 3.63) is 48.0 Å². The van der Waals surface area contributed by atoms with Crippen LogP contribution in [0.3, 0.4) is 0 Å². The minimum atomic E-state index is -3.88. The molecule has 2 aromatic rings.